The molecular formula is C19H22Cl2FN3O2. The van der Waals surface area contributed by atoms with E-state index in [4.69, 9.17) is 17.3 Å². The topological polar surface area (TPSA) is 75.4 Å². The normalized spacial score (nSPS) is 11.3. The van der Waals surface area contributed by atoms with Gasteiger partial charge in [-0.2, -0.15) is 0 Å². The summed E-state index contributed by atoms with van der Waals surface area (Å²) < 4.78 is 13.7. The number of nitrogens with two attached hydrogens (primary N) is 1. The number of hydrogen-bond acceptors (Lipinski definition) is 3. The third kappa shape index (κ3) is 6.82. The van der Waals surface area contributed by atoms with Crippen molar-refractivity contribution in [2.45, 2.75) is 13.5 Å². The fraction of sp³-hybridized carbons (Fsp3) is 0.263. The summed E-state index contributed by atoms with van der Waals surface area (Å²) in [6, 6.07) is 12.9. The molecule has 5 nitrogen and oxygen atoms in total. The molecular weight excluding hydrogens is 392 g/mol. The van der Waals surface area contributed by atoms with Gasteiger partial charge < -0.3 is 16.0 Å². The molecule has 27 heavy (non-hydrogen) atoms. The van der Waals surface area contributed by atoms with Crippen molar-refractivity contribution in [2.24, 2.45) is 11.7 Å². The monoisotopic (exact) mass is 413 g/mol. The Bertz CT molecular complexity index is 772. The molecule has 2 rings (SSSR count). The largest absolute Gasteiger partial charge is 0.330 e. The van der Waals surface area contributed by atoms with Gasteiger partial charge in [0.05, 0.1) is 5.69 Å². The minimum absolute atomic E-state index is 0. The number of para-hydroxylation sites is 1. The molecule has 0 heterocycles. The first-order valence-corrected chi connectivity index (χ1v) is 8.56. The number of hydrogen-bond donors (Lipinski definition) is 2. The van der Waals surface area contributed by atoms with Gasteiger partial charge in [-0.05, 0) is 29.8 Å². The number of nitrogens with one attached hydrogen (secondary N) is 1. The van der Waals surface area contributed by atoms with Gasteiger partial charge in [0.25, 0.3) is 0 Å². The Morgan fingerprint density at radius 1 is 1.19 bits per heavy atom. The maximum atomic E-state index is 13.7. The van der Waals surface area contributed by atoms with E-state index in [2.05, 4.69) is 5.32 Å². The van der Waals surface area contributed by atoms with E-state index in [1.807, 2.05) is 0 Å². The van der Waals surface area contributed by atoms with Crippen molar-refractivity contribution >= 4 is 41.5 Å². The van der Waals surface area contributed by atoms with Crippen LogP contribution in [-0.2, 0) is 16.1 Å². The molecule has 0 radical (unpaired) electrons. The van der Waals surface area contributed by atoms with Crippen molar-refractivity contribution < 1.29 is 14.0 Å². The lowest BCUT2D eigenvalue weighted by Crippen LogP contribution is -2.42. The van der Waals surface area contributed by atoms with Crippen LogP contribution in [0.15, 0.2) is 48.5 Å². The van der Waals surface area contributed by atoms with Crippen molar-refractivity contribution in [3.8, 4) is 0 Å². The first-order chi connectivity index (χ1) is 12.4. The van der Waals surface area contributed by atoms with E-state index in [-0.39, 0.29) is 43.6 Å². The quantitative estimate of drug-likeness (QED) is 0.729. The molecule has 0 fully saturated rings. The third-order valence-electron chi connectivity index (χ3n) is 3.86. The SMILES string of the molecule is CC(CN)C(=O)N(CC(=O)Nc1ccccc1F)Cc1ccc(Cl)cc1.Cl. The van der Waals surface area contributed by atoms with E-state index in [0.29, 0.717) is 5.02 Å². The molecule has 0 aromatic heterocycles. The Balaban J connectivity index is 0.00000364. The lowest BCUT2D eigenvalue weighted by Gasteiger charge is -2.25. The number of benzene rings is 2. The van der Waals surface area contributed by atoms with Crippen LogP contribution in [0.4, 0.5) is 10.1 Å². The third-order valence-corrected chi connectivity index (χ3v) is 4.11. The van der Waals surface area contributed by atoms with E-state index in [1.165, 1.54) is 23.1 Å². The summed E-state index contributed by atoms with van der Waals surface area (Å²) in [5.41, 5.74) is 6.48. The number of rotatable bonds is 7. The molecule has 146 valence electrons. The first kappa shape index (κ1) is 22.9. The highest BCUT2D eigenvalue weighted by Crippen LogP contribution is 2.15. The van der Waals surface area contributed by atoms with Crippen LogP contribution in [0.3, 0.4) is 0 Å². The zero-order valence-corrected chi connectivity index (χ0v) is 16.4. The van der Waals surface area contributed by atoms with E-state index in [9.17, 15) is 14.0 Å². The summed E-state index contributed by atoms with van der Waals surface area (Å²) in [5, 5.41) is 3.07. The number of halogens is 3. The molecule has 1 unspecified atom stereocenters. The number of anilines is 1. The van der Waals surface area contributed by atoms with Crippen LogP contribution < -0.4 is 11.1 Å². The van der Waals surface area contributed by atoms with Crippen LogP contribution in [-0.4, -0.2) is 29.8 Å². The molecule has 0 saturated heterocycles. The standard InChI is InChI=1S/C19H21ClFN3O2.ClH/c1-13(10-22)19(26)24(11-14-6-8-15(20)9-7-14)12-18(25)23-17-5-3-2-4-16(17)21;/h2-9,13H,10-12,22H2,1H3,(H,23,25);1H. The Labute approximate surface area is 169 Å². The van der Waals surface area contributed by atoms with Crippen LogP contribution in [0.2, 0.25) is 5.02 Å². The Kier molecular flexibility index (Phi) is 9.21. The van der Waals surface area contributed by atoms with E-state index < -0.39 is 17.6 Å². The number of nitrogens with zero attached hydrogens (tertiary/aromatic N) is 1. The molecule has 1 atom stereocenters. The molecule has 0 saturated carbocycles. The summed E-state index contributed by atoms with van der Waals surface area (Å²) in [4.78, 5) is 26.3. The minimum Gasteiger partial charge on any atom is -0.330 e. The van der Waals surface area contributed by atoms with E-state index >= 15 is 0 Å². The Morgan fingerprint density at radius 2 is 1.81 bits per heavy atom. The minimum atomic E-state index is -0.535. The van der Waals surface area contributed by atoms with Gasteiger partial charge in [0.15, 0.2) is 0 Å². The highest BCUT2D eigenvalue weighted by atomic mass is 35.5. The van der Waals surface area contributed by atoms with Gasteiger partial charge in [-0.25, -0.2) is 4.39 Å². The Morgan fingerprint density at radius 3 is 2.41 bits per heavy atom. The van der Waals surface area contributed by atoms with Gasteiger partial charge in [-0.15, -0.1) is 12.4 Å². The molecule has 0 aliphatic heterocycles. The van der Waals surface area contributed by atoms with Gasteiger partial charge in [0.1, 0.15) is 12.4 Å². The summed E-state index contributed by atoms with van der Waals surface area (Å²) in [6.45, 7) is 1.89. The van der Waals surface area contributed by atoms with Crippen molar-refractivity contribution in [1.82, 2.24) is 4.90 Å². The average Bonchev–Trinajstić information content (AvgIpc) is 2.63. The maximum absolute atomic E-state index is 13.7. The molecule has 2 aromatic carbocycles. The summed E-state index contributed by atoms with van der Waals surface area (Å²) in [7, 11) is 0. The van der Waals surface area contributed by atoms with E-state index in [0.717, 1.165) is 5.56 Å². The van der Waals surface area contributed by atoms with Gasteiger partial charge in [0.2, 0.25) is 11.8 Å². The smallest absolute Gasteiger partial charge is 0.244 e. The highest BCUT2D eigenvalue weighted by molar-refractivity contribution is 6.30. The fourth-order valence-corrected chi connectivity index (χ4v) is 2.49. The van der Waals surface area contributed by atoms with Gasteiger partial charge in [-0.1, -0.05) is 42.8 Å². The second kappa shape index (κ2) is 10.9. The van der Waals surface area contributed by atoms with Crippen molar-refractivity contribution in [3.05, 3.63) is 64.9 Å². The molecule has 8 heteroatoms. The van der Waals surface area contributed by atoms with Crippen LogP contribution in [0, 0.1) is 11.7 Å². The van der Waals surface area contributed by atoms with E-state index in [1.54, 1.807) is 37.3 Å². The molecule has 0 bridgehead atoms. The predicted octanol–water partition coefficient (Wildman–Crippen LogP) is 3.46. The molecule has 0 aliphatic carbocycles. The summed E-state index contributed by atoms with van der Waals surface area (Å²) in [5.74, 6) is -1.69. The molecule has 2 amide bonds. The fourth-order valence-electron chi connectivity index (χ4n) is 2.36. The number of amides is 2. The molecule has 0 spiro atoms. The Hall–Kier alpha value is -2.15. The first-order valence-electron chi connectivity index (χ1n) is 8.18. The van der Waals surface area contributed by atoms with Crippen molar-refractivity contribution in [3.63, 3.8) is 0 Å². The van der Waals surface area contributed by atoms with Crippen molar-refractivity contribution in [2.75, 3.05) is 18.4 Å². The lowest BCUT2D eigenvalue weighted by atomic mass is 10.1. The number of carbonyl (C=O) groups is 2. The zero-order chi connectivity index (χ0) is 19.1. The maximum Gasteiger partial charge on any atom is 0.244 e. The summed E-state index contributed by atoms with van der Waals surface area (Å²) >= 11 is 5.88. The highest BCUT2D eigenvalue weighted by Gasteiger charge is 2.22. The van der Waals surface area contributed by atoms with Gasteiger partial charge >= 0.3 is 0 Å². The van der Waals surface area contributed by atoms with Crippen molar-refractivity contribution in [1.29, 1.82) is 0 Å². The molecule has 3 N–H and O–H groups in total. The van der Waals surface area contributed by atoms with Gasteiger partial charge in [-0.3, -0.25) is 9.59 Å². The second-order valence-electron chi connectivity index (χ2n) is 5.99. The van der Waals surface area contributed by atoms with Crippen LogP contribution in [0.1, 0.15) is 12.5 Å². The van der Waals surface area contributed by atoms with Gasteiger partial charge in [0, 0.05) is 24.0 Å². The lowest BCUT2D eigenvalue weighted by molar-refractivity contribution is -0.138. The molecule has 2 aromatic rings. The van der Waals surface area contributed by atoms with Crippen LogP contribution >= 0.6 is 24.0 Å². The summed E-state index contributed by atoms with van der Waals surface area (Å²) in [6.07, 6.45) is 0. The van der Waals surface area contributed by atoms with Crippen LogP contribution in [0.5, 0.6) is 0 Å². The zero-order valence-electron chi connectivity index (χ0n) is 14.8. The second-order valence-corrected chi connectivity index (χ2v) is 6.42. The predicted molar refractivity (Wildman–Crippen MR) is 107 cm³/mol. The molecule has 0 aliphatic rings. The van der Waals surface area contributed by atoms with Crippen LogP contribution in [0.25, 0.3) is 0 Å². The number of carbonyl (C=O) groups excluding carboxylic acids is 2. The average molecular weight is 414 g/mol.